The predicted molar refractivity (Wildman–Crippen MR) is 53.4 cm³/mol. The molecule has 0 aromatic heterocycles. The van der Waals surface area contributed by atoms with Crippen LogP contribution in [0.4, 0.5) is 5.69 Å². The summed E-state index contributed by atoms with van der Waals surface area (Å²) in [6, 6.07) is 4.45. The van der Waals surface area contributed by atoms with Crippen molar-refractivity contribution in [2.75, 3.05) is 12.3 Å². The topological polar surface area (TPSA) is 106 Å². The fourth-order valence-electron chi connectivity index (χ4n) is 1.12. The van der Waals surface area contributed by atoms with Gasteiger partial charge in [0.15, 0.2) is 0 Å². The van der Waals surface area contributed by atoms with E-state index in [1.807, 2.05) is 0 Å². The lowest BCUT2D eigenvalue weighted by molar-refractivity contribution is 0.483. The molecule has 78 valence electrons. The van der Waals surface area contributed by atoms with Gasteiger partial charge in [-0.3, -0.25) is 4.55 Å². The van der Waals surface area contributed by atoms with Crippen LogP contribution in [0.15, 0.2) is 23.1 Å². The summed E-state index contributed by atoms with van der Waals surface area (Å²) in [5, 5.41) is 0. The summed E-state index contributed by atoms with van der Waals surface area (Å²) in [5.74, 6) is 0. The van der Waals surface area contributed by atoms with E-state index >= 15 is 0 Å². The van der Waals surface area contributed by atoms with E-state index in [4.69, 9.17) is 16.0 Å². The molecule has 0 unspecified atom stereocenters. The Bertz CT molecular complexity index is 428. The van der Waals surface area contributed by atoms with Crippen LogP contribution in [0, 0.1) is 0 Å². The van der Waals surface area contributed by atoms with Crippen molar-refractivity contribution < 1.29 is 13.0 Å². The zero-order valence-corrected chi connectivity index (χ0v) is 8.29. The molecule has 0 saturated heterocycles. The molecule has 0 spiro atoms. The van der Waals surface area contributed by atoms with Crippen molar-refractivity contribution in [1.29, 1.82) is 0 Å². The number of nitrogens with two attached hydrogens (primary N) is 2. The third-order valence-corrected chi connectivity index (χ3v) is 2.70. The van der Waals surface area contributed by atoms with E-state index in [0.29, 0.717) is 13.0 Å². The minimum absolute atomic E-state index is 0.0354. The Hall–Kier alpha value is -1.11. The smallest absolute Gasteiger partial charge is 0.296 e. The van der Waals surface area contributed by atoms with Crippen molar-refractivity contribution in [3.63, 3.8) is 0 Å². The minimum atomic E-state index is -4.24. The Labute approximate surface area is 82.5 Å². The van der Waals surface area contributed by atoms with E-state index in [-0.39, 0.29) is 10.6 Å². The normalized spacial score (nSPS) is 11.6. The molecular weight excluding hydrogens is 204 g/mol. The van der Waals surface area contributed by atoms with Crippen LogP contribution in [0.1, 0.15) is 5.56 Å². The van der Waals surface area contributed by atoms with Crippen LogP contribution in [-0.2, 0) is 16.5 Å². The van der Waals surface area contributed by atoms with Gasteiger partial charge in [0.25, 0.3) is 10.1 Å². The van der Waals surface area contributed by atoms with E-state index in [1.165, 1.54) is 12.1 Å². The molecule has 0 amide bonds. The van der Waals surface area contributed by atoms with Crippen molar-refractivity contribution in [2.45, 2.75) is 11.3 Å². The first-order valence-corrected chi connectivity index (χ1v) is 5.45. The quantitative estimate of drug-likeness (QED) is 0.487. The Kier molecular flexibility index (Phi) is 3.10. The number of hydrogen-bond acceptors (Lipinski definition) is 4. The van der Waals surface area contributed by atoms with Gasteiger partial charge < -0.3 is 11.5 Å². The molecule has 0 saturated carbocycles. The Morgan fingerprint density at radius 1 is 1.36 bits per heavy atom. The fraction of sp³-hybridized carbons (Fsp3) is 0.250. The van der Waals surface area contributed by atoms with Crippen LogP contribution < -0.4 is 11.5 Å². The molecule has 0 heterocycles. The molecule has 5 N–H and O–H groups in total. The maximum Gasteiger partial charge on any atom is 0.296 e. The number of hydrogen-bond donors (Lipinski definition) is 3. The van der Waals surface area contributed by atoms with Gasteiger partial charge in [0.1, 0.15) is 4.90 Å². The molecule has 1 rings (SSSR count). The van der Waals surface area contributed by atoms with Gasteiger partial charge in [-0.25, -0.2) is 0 Å². The highest BCUT2D eigenvalue weighted by molar-refractivity contribution is 7.86. The molecule has 0 aliphatic heterocycles. The number of nitrogen functional groups attached to an aromatic ring is 1. The molecule has 0 aliphatic carbocycles. The highest BCUT2D eigenvalue weighted by atomic mass is 32.2. The lowest BCUT2D eigenvalue weighted by Gasteiger charge is -2.04. The molecular formula is C8H12N2O3S. The molecule has 5 nitrogen and oxygen atoms in total. The molecule has 0 bridgehead atoms. The molecule has 14 heavy (non-hydrogen) atoms. The Balaban J connectivity index is 3.22. The van der Waals surface area contributed by atoms with E-state index in [2.05, 4.69) is 0 Å². The molecule has 6 heteroatoms. The van der Waals surface area contributed by atoms with E-state index in [1.54, 1.807) is 6.07 Å². The second-order valence-electron chi connectivity index (χ2n) is 2.89. The summed E-state index contributed by atoms with van der Waals surface area (Å²) < 4.78 is 30.5. The maximum absolute atomic E-state index is 10.9. The number of anilines is 1. The Morgan fingerprint density at radius 3 is 2.50 bits per heavy atom. The minimum Gasteiger partial charge on any atom is -0.398 e. The molecule has 0 atom stereocenters. The summed E-state index contributed by atoms with van der Waals surface area (Å²) in [6.07, 6.45) is 0.544. The van der Waals surface area contributed by atoms with E-state index in [9.17, 15) is 8.42 Å². The average molecular weight is 216 g/mol. The van der Waals surface area contributed by atoms with Gasteiger partial charge >= 0.3 is 0 Å². The number of rotatable bonds is 3. The van der Waals surface area contributed by atoms with Crippen LogP contribution in [0.3, 0.4) is 0 Å². The average Bonchev–Trinajstić information content (AvgIpc) is 2.07. The van der Waals surface area contributed by atoms with Gasteiger partial charge in [0.2, 0.25) is 0 Å². The second-order valence-corrected chi connectivity index (χ2v) is 4.28. The van der Waals surface area contributed by atoms with Crippen LogP contribution in [-0.4, -0.2) is 19.5 Å². The fourth-order valence-corrected chi connectivity index (χ4v) is 1.79. The highest BCUT2D eigenvalue weighted by Crippen LogP contribution is 2.19. The van der Waals surface area contributed by atoms with Crippen molar-refractivity contribution in [1.82, 2.24) is 0 Å². The van der Waals surface area contributed by atoms with Crippen molar-refractivity contribution in [3.8, 4) is 0 Å². The van der Waals surface area contributed by atoms with Gasteiger partial charge in [0, 0.05) is 0 Å². The molecule has 0 fully saturated rings. The molecule has 0 aliphatic rings. The van der Waals surface area contributed by atoms with Crippen molar-refractivity contribution >= 4 is 15.8 Å². The summed E-state index contributed by atoms with van der Waals surface area (Å²) in [7, 11) is -4.24. The van der Waals surface area contributed by atoms with Gasteiger partial charge in [-0.2, -0.15) is 8.42 Å². The summed E-state index contributed by atoms with van der Waals surface area (Å²) >= 11 is 0. The van der Waals surface area contributed by atoms with Crippen LogP contribution >= 0.6 is 0 Å². The van der Waals surface area contributed by atoms with Gasteiger partial charge in [0.05, 0.1) is 5.69 Å². The largest absolute Gasteiger partial charge is 0.398 e. The lowest BCUT2D eigenvalue weighted by atomic mass is 10.1. The molecule has 1 aromatic carbocycles. The van der Waals surface area contributed by atoms with Crippen LogP contribution in [0.5, 0.6) is 0 Å². The predicted octanol–water partition coefficient (Wildman–Crippen LogP) is 0.0167. The third kappa shape index (κ3) is 2.44. The van der Waals surface area contributed by atoms with Crippen molar-refractivity contribution in [3.05, 3.63) is 23.8 Å². The zero-order valence-electron chi connectivity index (χ0n) is 7.47. The second kappa shape index (κ2) is 3.95. The maximum atomic E-state index is 10.9. The molecule has 1 aromatic rings. The SMILES string of the molecule is NCCc1ccc(N)c(S(=O)(=O)O)c1. The summed E-state index contributed by atoms with van der Waals surface area (Å²) in [6.45, 7) is 0.412. The van der Waals surface area contributed by atoms with Gasteiger partial charge in [-0.15, -0.1) is 0 Å². The van der Waals surface area contributed by atoms with E-state index in [0.717, 1.165) is 5.56 Å². The van der Waals surface area contributed by atoms with Crippen molar-refractivity contribution in [2.24, 2.45) is 5.73 Å². The van der Waals surface area contributed by atoms with Gasteiger partial charge in [-0.05, 0) is 30.7 Å². The van der Waals surface area contributed by atoms with Gasteiger partial charge in [-0.1, -0.05) is 6.07 Å². The first kappa shape index (κ1) is 11.0. The third-order valence-electron chi connectivity index (χ3n) is 1.79. The van der Waals surface area contributed by atoms with Crippen LogP contribution in [0.2, 0.25) is 0 Å². The summed E-state index contributed by atoms with van der Waals surface area (Å²) in [4.78, 5) is -0.261. The van der Waals surface area contributed by atoms with Crippen LogP contribution in [0.25, 0.3) is 0 Å². The molecule has 0 radical (unpaired) electrons. The monoisotopic (exact) mass is 216 g/mol. The standard InChI is InChI=1S/C8H12N2O3S/c9-4-3-6-1-2-7(10)8(5-6)14(11,12)13/h1-2,5H,3-4,9-10H2,(H,11,12,13). The zero-order chi connectivity index (χ0) is 10.8. The van der Waals surface area contributed by atoms with E-state index < -0.39 is 10.1 Å². The lowest BCUT2D eigenvalue weighted by Crippen LogP contribution is -2.07. The number of benzene rings is 1. The first-order chi connectivity index (χ1) is 6.45. The first-order valence-electron chi connectivity index (χ1n) is 4.01. The summed E-state index contributed by atoms with van der Waals surface area (Å²) in [5.41, 5.74) is 11.5. The Morgan fingerprint density at radius 2 is 2.00 bits per heavy atom. The highest BCUT2D eigenvalue weighted by Gasteiger charge is 2.13.